The standard InChI is InChI=1S/C24H20Cl2N2O/c25-20-12-16(13-21(26)15-20)11-17-14-22(29)24(28-23(17)27,18-7-3-1-4-8-18)19-9-5-2-6-10-19/h1-10,12-13,15,17H,11,14H2,(H2,27,28). The average molecular weight is 423 g/mol. The lowest BCUT2D eigenvalue weighted by Crippen LogP contribution is -2.46. The highest BCUT2D eigenvalue weighted by Gasteiger charge is 2.46. The molecule has 3 aromatic rings. The number of ketones is 1. The molecule has 0 bridgehead atoms. The summed E-state index contributed by atoms with van der Waals surface area (Å²) in [7, 11) is 0. The van der Waals surface area contributed by atoms with Gasteiger partial charge in [-0.05, 0) is 41.3 Å². The summed E-state index contributed by atoms with van der Waals surface area (Å²) in [6.45, 7) is 0. The van der Waals surface area contributed by atoms with Gasteiger partial charge in [-0.25, -0.2) is 4.99 Å². The molecule has 0 fully saturated rings. The molecular formula is C24H20Cl2N2O. The lowest BCUT2D eigenvalue weighted by molar-refractivity contribution is -0.124. The summed E-state index contributed by atoms with van der Waals surface area (Å²) in [5.74, 6) is 0.299. The second kappa shape index (κ2) is 8.02. The highest BCUT2D eigenvalue weighted by molar-refractivity contribution is 6.34. The zero-order chi connectivity index (χ0) is 20.4. The normalized spacial score (nSPS) is 18.3. The first-order valence-electron chi connectivity index (χ1n) is 9.43. The molecule has 0 amide bonds. The zero-order valence-electron chi connectivity index (χ0n) is 15.7. The fraction of sp³-hybridized carbons (Fsp3) is 0.167. The molecule has 3 aromatic carbocycles. The van der Waals surface area contributed by atoms with Gasteiger partial charge in [-0.1, -0.05) is 83.9 Å². The molecule has 29 heavy (non-hydrogen) atoms. The number of carbonyl (C=O) groups is 1. The van der Waals surface area contributed by atoms with Crippen molar-refractivity contribution in [1.29, 1.82) is 0 Å². The van der Waals surface area contributed by atoms with Gasteiger partial charge in [0.15, 0.2) is 11.3 Å². The minimum atomic E-state index is -1.12. The van der Waals surface area contributed by atoms with Gasteiger partial charge in [0.1, 0.15) is 0 Å². The number of Topliss-reactive ketones (excluding diaryl/α,β-unsaturated/α-hetero) is 1. The molecule has 0 radical (unpaired) electrons. The maximum absolute atomic E-state index is 13.6. The largest absolute Gasteiger partial charge is 0.387 e. The smallest absolute Gasteiger partial charge is 0.171 e. The van der Waals surface area contributed by atoms with Crippen LogP contribution in [0.4, 0.5) is 0 Å². The molecule has 2 N–H and O–H groups in total. The lowest BCUT2D eigenvalue weighted by atomic mass is 9.73. The molecule has 0 aliphatic carbocycles. The van der Waals surface area contributed by atoms with Crippen molar-refractivity contribution in [2.45, 2.75) is 18.4 Å². The lowest BCUT2D eigenvalue weighted by Gasteiger charge is -2.36. The molecule has 0 aromatic heterocycles. The van der Waals surface area contributed by atoms with Crippen LogP contribution in [0.15, 0.2) is 83.9 Å². The molecular weight excluding hydrogens is 403 g/mol. The molecule has 4 rings (SSSR count). The fourth-order valence-electron chi connectivity index (χ4n) is 3.99. The Hall–Kier alpha value is -2.62. The van der Waals surface area contributed by atoms with Gasteiger partial charge in [-0.3, -0.25) is 4.79 Å². The Labute approximate surface area is 180 Å². The van der Waals surface area contributed by atoms with E-state index in [0.717, 1.165) is 16.7 Å². The molecule has 0 saturated carbocycles. The van der Waals surface area contributed by atoms with E-state index in [1.165, 1.54) is 0 Å². The van der Waals surface area contributed by atoms with Crippen LogP contribution in [0.1, 0.15) is 23.1 Å². The van der Waals surface area contributed by atoms with E-state index >= 15 is 0 Å². The summed E-state index contributed by atoms with van der Waals surface area (Å²) < 4.78 is 0. The van der Waals surface area contributed by atoms with Crippen LogP contribution in [0.3, 0.4) is 0 Å². The number of hydrogen-bond acceptors (Lipinski definition) is 3. The topological polar surface area (TPSA) is 55.4 Å². The van der Waals surface area contributed by atoms with Gasteiger partial charge in [0.2, 0.25) is 0 Å². The molecule has 1 aliphatic heterocycles. The summed E-state index contributed by atoms with van der Waals surface area (Å²) in [5, 5.41) is 1.13. The Morgan fingerprint density at radius 2 is 1.41 bits per heavy atom. The Morgan fingerprint density at radius 1 is 0.897 bits per heavy atom. The molecule has 1 heterocycles. The molecule has 0 saturated heterocycles. The molecule has 1 atom stereocenters. The summed E-state index contributed by atoms with van der Waals surface area (Å²) in [6, 6.07) is 24.6. The number of nitrogens with two attached hydrogens (primary N) is 1. The summed E-state index contributed by atoms with van der Waals surface area (Å²) >= 11 is 12.3. The van der Waals surface area contributed by atoms with Crippen molar-refractivity contribution in [3.8, 4) is 0 Å². The third-order valence-electron chi connectivity index (χ3n) is 5.34. The predicted octanol–water partition coefficient (Wildman–Crippen LogP) is 5.43. The van der Waals surface area contributed by atoms with E-state index in [9.17, 15) is 4.79 Å². The third-order valence-corrected chi connectivity index (χ3v) is 5.77. The van der Waals surface area contributed by atoms with E-state index in [4.69, 9.17) is 33.9 Å². The molecule has 5 heteroatoms. The van der Waals surface area contributed by atoms with Crippen LogP contribution < -0.4 is 5.73 Å². The van der Waals surface area contributed by atoms with Gasteiger partial charge < -0.3 is 5.73 Å². The highest BCUT2D eigenvalue weighted by Crippen LogP contribution is 2.40. The fourth-order valence-corrected chi connectivity index (χ4v) is 4.56. The summed E-state index contributed by atoms with van der Waals surface area (Å²) in [4.78, 5) is 18.4. The number of halogens is 2. The van der Waals surface area contributed by atoms with Crippen molar-refractivity contribution in [2.24, 2.45) is 16.6 Å². The van der Waals surface area contributed by atoms with Gasteiger partial charge >= 0.3 is 0 Å². The van der Waals surface area contributed by atoms with Gasteiger partial charge in [0.25, 0.3) is 0 Å². The Kier molecular flexibility index (Phi) is 5.44. The zero-order valence-corrected chi connectivity index (χ0v) is 17.2. The van der Waals surface area contributed by atoms with Gasteiger partial charge in [-0.2, -0.15) is 0 Å². The van der Waals surface area contributed by atoms with Crippen LogP contribution in [-0.2, 0) is 16.8 Å². The van der Waals surface area contributed by atoms with E-state index in [1.54, 1.807) is 6.07 Å². The Morgan fingerprint density at radius 3 is 1.93 bits per heavy atom. The van der Waals surface area contributed by atoms with Gasteiger partial charge in [0, 0.05) is 22.4 Å². The number of nitrogens with zero attached hydrogens (tertiary/aromatic N) is 1. The Bertz CT molecular complexity index is 1010. The first-order valence-corrected chi connectivity index (χ1v) is 10.2. The van der Waals surface area contributed by atoms with Crippen molar-refractivity contribution in [3.05, 3.63) is 106 Å². The van der Waals surface area contributed by atoms with Crippen molar-refractivity contribution in [3.63, 3.8) is 0 Å². The first-order chi connectivity index (χ1) is 14.0. The maximum Gasteiger partial charge on any atom is 0.171 e. The van der Waals surface area contributed by atoms with Crippen molar-refractivity contribution < 1.29 is 4.79 Å². The van der Waals surface area contributed by atoms with E-state index < -0.39 is 5.54 Å². The SMILES string of the molecule is NC1=NC(c2ccccc2)(c2ccccc2)C(=O)CC1Cc1cc(Cl)cc(Cl)c1. The first kappa shape index (κ1) is 19.7. The third kappa shape index (κ3) is 3.81. The number of hydrogen-bond donors (Lipinski definition) is 1. The van der Waals surface area contributed by atoms with Crippen LogP contribution in [0.25, 0.3) is 0 Å². The quantitative estimate of drug-likeness (QED) is 0.609. The minimum Gasteiger partial charge on any atom is -0.387 e. The number of rotatable bonds is 4. The Balaban J connectivity index is 1.78. The molecule has 3 nitrogen and oxygen atoms in total. The highest BCUT2D eigenvalue weighted by atomic mass is 35.5. The second-order valence-electron chi connectivity index (χ2n) is 7.29. The van der Waals surface area contributed by atoms with E-state index in [1.807, 2.05) is 72.8 Å². The number of aliphatic imine (C=N–C) groups is 1. The minimum absolute atomic E-state index is 0.0298. The summed E-state index contributed by atoms with van der Waals surface area (Å²) in [5.41, 5.74) is 7.91. The van der Waals surface area contributed by atoms with E-state index in [-0.39, 0.29) is 11.7 Å². The van der Waals surface area contributed by atoms with Crippen molar-refractivity contribution in [2.75, 3.05) is 0 Å². The molecule has 1 aliphatic rings. The van der Waals surface area contributed by atoms with Crippen LogP contribution in [0.5, 0.6) is 0 Å². The van der Waals surface area contributed by atoms with Crippen LogP contribution in [0.2, 0.25) is 10.0 Å². The monoisotopic (exact) mass is 422 g/mol. The van der Waals surface area contributed by atoms with E-state index in [0.29, 0.717) is 28.7 Å². The van der Waals surface area contributed by atoms with Crippen LogP contribution >= 0.6 is 23.2 Å². The average Bonchev–Trinajstić information content (AvgIpc) is 2.71. The van der Waals surface area contributed by atoms with Gasteiger partial charge in [0.05, 0.1) is 5.84 Å². The molecule has 0 spiro atoms. The van der Waals surface area contributed by atoms with E-state index in [2.05, 4.69) is 0 Å². The molecule has 146 valence electrons. The predicted molar refractivity (Wildman–Crippen MR) is 119 cm³/mol. The second-order valence-corrected chi connectivity index (χ2v) is 8.16. The van der Waals surface area contributed by atoms with Crippen LogP contribution in [-0.4, -0.2) is 11.6 Å². The number of carbonyl (C=O) groups excluding carboxylic acids is 1. The number of amidine groups is 1. The molecule has 1 unspecified atom stereocenters. The van der Waals surface area contributed by atoms with Crippen LogP contribution in [0, 0.1) is 5.92 Å². The van der Waals surface area contributed by atoms with Crippen molar-refractivity contribution in [1.82, 2.24) is 0 Å². The summed E-state index contributed by atoms with van der Waals surface area (Å²) in [6.07, 6.45) is 0.851. The van der Waals surface area contributed by atoms with Crippen molar-refractivity contribution >= 4 is 34.8 Å². The number of benzene rings is 3. The van der Waals surface area contributed by atoms with Gasteiger partial charge in [-0.15, -0.1) is 0 Å². The maximum atomic E-state index is 13.6.